The Balaban J connectivity index is 2.10. The maximum atomic E-state index is 13.3. The molecule has 2 rings (SSSR count). The van der Waals surface area contributed by atoms with Crippen LogP contribution in [-0.4, -0.2) is 6.21 Å². The van der Waals surface area contributed by atoms with Gasteiger partial charge in [-0.25, -0.2) is 8.78 Å². The van der Waals surface area contributed by atoms with Gasteiger partial charge in [-0.05, 0) is 29.3 Å². The van der Waals surface area contributed by atoms with E-state index in [2.05, 4.69) is 5.10 Å². The number of nitrogens with two attached hydrogens (primary N) is 1. The predicted octanol–water partition coefficient (Wildman–Crippen LogP) is 2.84. The summed E-state index contributed by atoms with van der Waals surface area (Å²) in [7, 11) is 0. The molecule has 0 fully saturated rings. The van der Waals surface area contributed by atoms with E-state index in [1.54, 1.807) is 12.1 Å². The first-order valence-electron chi connectivity index (χ1n) is 5.59. The molecule has 0 spiro atoms. The summed E-state index contributed by atoms with van der Waals surface area (Å²) in [6.07, 6.45) is 1.49. The van der Waals surface area contributed by atoms with Gasteiger partial charge in [0, 0.05) is 6.07 Å². The molecular weight excluding hydrogens is 250 g/mol. The molecule has 0 aromatic heterocycles. The molecule has 0 aliphatic rings. The highest BCUT2D eigenvalue weighted by Crippen LogP contribution is 2.19. The van der Waals surface area contributed by atoms with Crippen molar-refractivity contribution >= 4 is 6.21 Å². The Hall–Kier alpha value is -2.43. The van der Waals surface area contributed by atoms with Crippen molar-refractivity contribution in [3.8, 4) is 5.75 Å². The van der Waals surface area contributed by atoms with Crippen molar-refractivity contribution < 1.29 is 13.5 Å². The number of hydrazone groups is 1. The van der Waals surface area contributed by atoms with Gasteiger partial charge in [0.2, 0.25) is 0 Å². The molecule has 0 aliphatic carbocycles. The Morgan fingerprint density at radius 1 is 1.16 bits per heavy atom. The lowest BCUT2D eigenvalue weighted by Gasteiger charge is -2.07. The lowest BCUT2D eigenvalue weighted by atomic mass is 10.1. The molecule has 2 N–H and O–H groups in total. The molecule has 0 amide bonds. The van der Waals surface area contributed by atoms with Crippen molar-refractivity contribution in [3.05, 3.63) is 65.2 Å². The molecule has 5 heteroatoms. The summed E-state index contributed by atoms with van der Waals surface area (Å²) in [5.74, 6) is 3.81. The van der Waals surface area contributed by atoms with E-state index >= 15 is 0 Å². The van der Waals surface area contributed by atoms with Crippen LogP contribution in [0, 0.1) is 11.6 Å². The maximum Gasteiger partial charge on any atom is 0.165 e. The van der Waals surface area contributed by atoms with E-state index in [-0.39, 0.29) is 12.4 Å². The van der Waals surface area contributed by atoms with Gasteiger partial charge in [0.1, 0.15) is 12.4 Å². The second-order valence-electron chi connectivity index (χ2n) is 3.89. The van der Waals surface area contributed by atoms with Gasteiger partial charge in [0.25, 0.3) is 0 Å². The minimum atomic E-state index is -0.596. The summed E-state index contributed by atoms with van der Waals surface area (Å²) in [6, 6.07) is 10.3. The van der Waals surface area contributed by atoms with Crippen LogP contribution in [0.15, 0.2) is 47.6 Å². The van der Waals surface area contributed by atoms with E-state index in [4.69, 9.17) is 10.6 Å². The first-order chi connectivity index (χ1) is 9.19. The normalized spacial score (nSPS) is 10.8. The van der Waals surface area contributed by atoms with Crippen LogP contribution < -0.4 is 10.6 Å². The first-order valence-corrected chi connectivity index (χ1v) is 5.59. The smallest absolute Gasteiger partial charge is 0.165 e. The molecule has 0 heterocycles. The van der Waals surface area contributed by atoms with Crippen molar-refractivity contribution in [2.75, 3.05) is 0 Å². The number of nitrogens with zero attached hydrogens (tertiary/aromatic N) is 1. The molecule has 2 aromatic carbocycles. The van der Waals surface area contributed by atoms with Gasteiger partial charge in [-0.15, -0.1) is 0 Å². The fourth-order valence-electron chi connectivity index (χ4n) is 1.60. The van der Waals surface area contributed by atoms with Gasteiger partial charge in [-0.2, -0.15) is 5.10 Å². The minimum Gasteiger partial charge on any atom is -0.486 e. The van der Waals surface area contributed by atoms with E-state index in [0.29, 0.717) is 0 Å². The molecule has 0 saturated carbocycles. The van der Waals surface area contributed by atoms with Crippen LogP contribution in [0.3, 0.4) is 0 Å². The number of benzene rings is 2. The first kappa shape index (κ1) is 13.0. The lowest BCUT2D eigenvalue weighted by molar-refractivity contribution is 0.288. The van der Waals surface area contributed by atoms with Gasteiger partial charge < -0.3 is 10.6 Å². The fourth-order valence-corrected chi connectivity index (χ4v) is 1.60. The van der Waals surface area contributed by atoms with E-state index in [9.17, 15) is 8.78 Å². The Labute approximate surface area is 109 Å². The molecule has 0 saturated heterocycles. The van der Waals surface area contributed by atoms with Crippen molar-refractivity contribution in [2.24, 2.45) is 10.9 Å². The van der Waals surface area contributed by atoms with E-state index in [0.717, 1.165) is 29.3 Å². The quantitative estimate of drug-likeness (QED) is 0.523. The molecule has 19 heavy (non-hydrogen) atoms. The molecule has 0 bridgehead atoms. The molecule has 0 unspecified atom stereocenters. The molecular formula is C14H12F2N2O. The maximum absolute atomic E-state index is 13.3. The fraction of sp³-hybridized carbons (Fsp3) is 0.0714. The minimum absolute atomic E-state index is 0.113. The Bertz CT molecular complexity index is 600. The van der Waals surface area contributed by atoms with Crippen LogP contribution >= 0.6 is 0 Å². The summed E-state index contributed by atoms with van der Waals surface area (Å²) >= 11 is 0. The zero-order chi connectivity index (χ0) is 13.7. The second-order valence-corrected chi connectivity index (χ2v) is 3.89. The van der Waals surface area contributed by atoms with Crippen LogP contribution in [0.1, 0.15) is 11.1 Å². The Morgan fingerprint density at radius 3 is 2.79 bits per heavy atom. The summed E-state index contributed by atoms with van der Waals surface area (Å²) in [6.45, 7) is 0.132. The van der Waals surface area contributed by atoms with Crippen LogP contribution in [0.25, 0.3) is 0 Å². The molecule has 0 aliphatic heterocycles. The second kappa shape index (κ2) is 5.95. The average molecular weight is 262 g/mol. The standard InChI is InChI=1S/C14H12F2N2O/c15-12-4-5-13(16)14(7-12)19-9-11-3-1-2-10(6-11)8-18-17/h1-8H,9,17H2. The monoisotopic (exact) mass is 262 g/mol. The third-order valence-corrected chi connectivity index (χ3v) is 2.46. The van der Waals surface area contributed by atoms with Crippen LogP contribution in [0.4, 0.5) is 8.78 Å². The predicted molar refractivity (Wildman–Crippen MR) is 68.9 cm³/mol. The van der Waals surface area contributed by atoms with Crippen LogP contribution in [0.2, 0.25) is 0 Å². The number of hydrogen-bond acceptors (Lipinski definition) is 3. The highest BCUT2D eigenvalue weighted by atomic mass is 19.1. The largest absolute Gasteiger partial charge is 0.486 e. The number of halogens is 2. The number of hydrogen-bond donors (Lipinski definition) is 1. The zero-order valence-corrected chi connectivity index (χ0v) is 10.0. The highest BCUT2D eigenvalue weighted by molar-refractivity contribution is 5.79. The lowest BCUT2D eigenvalue weighted by Crippen LogP contribution is -1.99. The van der Waals surface area contributed by atoms with E-state index in [1.165, 1.54) is 6.21 Å². The molecule has 2 aromatic rings. The van der Waals surface area contributed by atoms with Crippen molar-refractivity contribution in [1.29, 1.82) is 0 Å². The third kappa shape index (κ3) is 3.51. The third-order valence-electron chi connectivity index (χ3n) is 2.46. The zero-order valence-electron chi connectivity index (χ0n) is 10.0. The summed E-state index contributed by atoms with van der Waals surface area (Å²) in [5.41, 5.74) is 1.62. The van der Waals surface area contributed by atoms with Gasteiger partial charge in [0.05, 0.1) is 6.21 Å². The molecule has 3 nitrogen and oxygen atoms in total. The van der Waals surface area contributed by atoms with Crippen LogP contribution in [-0.2, 0) is 6.61 Å². The van der Waals surface area contributed by atoms with Crippen molar-refractivity contribution in [2.45, 2.75) is 6.61 Å². The molecule has 0 atom stereocenters. The summed E-state index contributed by atoms with van der Waals surface area (Å²) < 4.78 is 31.5. The Morgan fingerprint density at radius 2 is 2.00 bits per heavy atom. The van der Waals surface area contributed by atoms with Crippen molar-refractivity contribution in [1.82, 2.24) is 0 Å². The van der Waals surface area contributed by atoms with Gasteiger partial charge in [0.15, 0.2) is 11.6 Å². The van der Waals surface area contributed by atoms with E-state index < -0.39 is 11.6 Å². The van der Waals surface area contributed by atoms with E-state index in [1.807, 2.05) is 12.1 Å². The van der Waals surface area contributed by atoms with Crippen LogP contribution in [0.5, 0.6) is 5.75 Å². The van der Waals surface area contributed by atoms with Crippen molar-refractivity contribution in [3.63, 3.8) is 0 Å². The topological polar surface area (TPSA) is 47.6 Å². The summed E-state index contributed by atoms with van der Waals surface area (Å²) in [5, 5.41) is 3.42. The molecule has 98 valence electrons. The average Bonchev–Trinajstić information content (AvgIpc) is 2.41. The van der Waals surface area contributed by atoms with Gasteiger partial charge >= 0.3 is 0 Å². The molecule has 0 radical (unpaired) electrons. The Kier molecular flexibility index (Phi) is 4.07. The highest BCUT2D eigenvalue weighted by Gasteiger charge is 2.05. The number of rotatable bonds is 4. The SMILES string of the molecule is NN=Cc1cccc(COc2cc(F)ccc2F)c1. The van der Waals surface area contributed by atoms with Gasteiger partial charge in [-0.3, -0.25) is 0 Å². The summed E-state index contributed by atoms with van der Waals surface area (Å²) in [4.78, 5) is 0. The van der Waals surface area contributed by atoms with Gasteiger partial charge in [-0.1, -0.05) is 18.2 Å². The number of ether oxygens (including phenoxy) is 1.